The molecule has 2 rings (SSSR count). The molecular formula is C22H27FO4. The summed E-state index contributed by atoms with van der Waals surface area (Å²) in [4.78, 5) is 11.9. The summed E-state index contributed by atoms with van der Waals surface area (Å²) in [6, 6.07) is 11.2. The Morgan fingerprint density at radius 2 is 1.81 bits per heavy atom. The van der Waals surface area contributed by atoms with E-state index in [-0.39, 0.29) is 30.1 Å². The quantitative estimate of drug-likeness (QED) is 0.666. The van der Waals surface area contributed by atoms with Crippen molar-refractivity contribution in [2.24, 2.45) is 0 Å². The number of carboxylic acid groups (broad SMARTS) is 1. The maximum absolute atomic E-state index is 13.7. The van der Waals surface area contributed by atoms with Crippen LogP contribution in [0.1, 0.15) is 56.2 Å². The number of hydrogen-bond acceptors (Lipinski definition) is 3. The van der Waals surface area contributed by atoms with E-state index in [0.717, 1.165) is 17.2 Å². The van der Waals surface area contributed by atoms with Gasteiger partial charge in [-0.05, 0) is 60.4 Å². The highest BCUT2D eigenvalue weighted by Crippen LogP contribution is 2.41. The molecule has 2 unspecified atom stereocenters. The minimum atomic E-state index is -2.02. The van der Waals surface area contributed by atoms with Crippen LogP contribution in [0.2, 0.25) is 0 Å². The zero-order valence-electron chi connectivity index (χ0n) is 16.2. The van der Waals surface area contributed by atoms with E-state index < -0.39 is 22.8 Å². The minimum Gasteiger partial charge on any atom is -0.508 e. The maximum Gasteiger partial charge on any atom is 0.335 e. The van der Waals surface area contributed by atoms with Crippen LogP contribution in [0.25, 0.3) is 0 Å². The number of benzene rings is 2. The standard InChI is InChI=1S/C22H27FO4/c1-14-7-5-6-8-17(14)15(2)12-22(27,20(25)26)13-21(3,4)18-11-16(23)9-10-19(18)24/h5-11,15,24,27H,12-13H2,1-4H3,(H,25,26). The summed E-state index contributed by atoms with van der Waals surface area (Å²) in [7, 11) is 0. The van der Waals surface area contributed by atoms with Gasteiger partial charge in [0.15, 0.2) is 5.60 Å². The predicted molar refractivity (Wildman–Crippen MR) is 103 cm³/mol. The van der Waals surface area contributed by atoms with Gasteiger partial charge >= 0.3 is 5.97 Å². The molecule has 4 nitrogen and oxygen atoms in total. The molecule has 0 aliphatic rings. The van der Waals surface area contributed by atoms with Gasteiger partial charge in [0.25, 0.3) is 0 Å². The lowest BCUT2D eigenvalue weighted by Crippen LogP contribution is -2.45. The number of hydrogen-bond donors (Lipinski definition) is 3. The fraction of sp³-hybridized carbons (Fsp3) is 0.409. The Labute approximate surface area is 159 Å². The van der Waals surface area contributed by atoms with Crippen molar-refractivity contribution in [1.29, 1.82) is 0 Å². The summed E-state index contributed by atoms with van der Waals surface area (Å²) < 4.78 is 13.7. The van der Waals surface area contributed by atoms with Crippen molar-refractivity contribution < 1.29 is 24.5 Å². The summed E-state index contributed by atoms with van der Waals surface area (Å²) in [5.74, 6) is -2.17. The van der Waals surface area contributed by atoms with Crippen LogP contribution < -0.4 is 0 Å². The molecular weight excluding hydrogens is 347 g/mol. The van der Waals surface area contributed by atoms with Gasteiger partial charge in [-0.15, -0.1) is 0 Å². The second-order valence-electron chi connectivity index (χ2n) is 8.02. The minimum absolute atomic E-state index is 0.00664. The Morgan fingerprint density at radius 3 is 2.41 bits per heavy atom. The molecule has 0 aromatic heterocycles. The van der Waals surface area contributed by atoms with E-state index >= 15 is 0 Å². The van der Waals surface area contributed by atoms with Crippen LogP contribution in [0.3, 0.4) is 0 Å². The van der Waals surface area contributed by atoms with Crippen molar-refractivity contribution >= 4 is 5.97 Å². The number of aliphatic hydroxyl groups is 1. The Morgan fingerprint density at radius 1 is 1.19 bits per heavy atom. The van der Waals surface area contributed by atoms with Crippen LogP contribution in [-0.4, -0.2) is 26.9 Å². The van der Waals surface area contributed by atoms with Gasteiger partial charge in [-0.2, -0.15) is 0 Å². The first-order valence-electron chi connectivity index (χ1n) is 8.96. The second kappa shape index (κ2) is 7.69. The number of rotatable bonds is 7. The number of phenols is 1. The summed E-state index contributed by atoms with van der Waals surface area (Å²) >= 11 is 0. The van der Waals surface area contributed by atoms with Gasteiger partial charge in [0, 0.05) is 5.56 Å². The van der Waals surface area contributed by atoms with Crippen molar-refractivity contribution in [3.8, 4) is 5.75 Å². The molecule has 0 aliphatic heterocycles. The molecule has 0 saturated carbocycles. The predicted octanol–water partition coefficient (Wildman–Crippen LogP) is 4.52. The molecule has 5 heteroatoms. The normalized spacial score (nSPS) is 15.2. The van der Waals surface area contributed by atoms with Crippen LogP contribution in [0.15, 0.2) is 42.5 Å². The maximum atomic E-state index is 13.7. The van der Waals surface area contributed by atoms with Gasteiger partial charge in [-0.3, -0.25) is 0 Å². The van der Waals surface area contributed by atoms with Crippen molar-refractivity contribution in [3.05, 3.63) is 65.0 Å². The van der Waals surface area contributed by atoms with E-state index in [0.29, 0.717) is 0 Å². The summed E-state index contributed by atoms with van der Waals surface area (Å²) in [6.45, 7) is 7.20. The first-order valence-corrected chi connectivity index (χ1v) is 8.96. The molecule has 0 heterocycles. The number of halogens is 1. The Bertz CT molecular complexity index is 831. The molecule has 0 fully saturated rings. The highest BCUT2D eigenvalue weighted by molar-refractivity contribution is 5.77. The Hall–Kier alpha value is -2.40. The first-order chi connectivity index (χ1) is 12.5. The van der Waals surface area contributed by atoms with E-state index in [4.69, 9.17) is 0 Å². The molecule has 27 heavy (non-hydrogen) atoms. The third-order valence-electron chi connectivity index (χ3n) is 5.18. The molecule has 2 aromatic rings. The fourth-order valence-electron chi connectivity index (χ4n) is 3.87. The van der Waals surface area contributed by atoms with Gasteiger partial charge in [0.05, 0.1) is 0 Å². The van der Waals surface area contributed by atoms with Crippen molar-refractivity contribution in [2.75, 3.05) is 0 Å². The third kappa shape index (κ3) is 4.66. The van der Waals surface area contributed by atoms with E-state index in [1.165, 1.54) is 12.1 Å². The van der Waals surface area contributed by atoms with E-state index in [9.17, 15) is 24.5 Å². The number of aromatic hydroxyl groups is 1. The number of carboxylic acids is 1. The zero-order chi connectivity index (χ0) is 20.4. The van der Waals surface area contributed by atoms with Crippen LogP contribution in [0.4, 0.5) is 4.39 Å². The molecule has 146 valence electrons. The van der Waals surface area contributed by atoms with E-state index in [1.807, 2.05) is 38.1 Å². The average molecular weight is 374 g/mol. The average Bonchev–Trinajstić information content (AvgIpc) is 2.56. The Kier molecular flexibility index (Phi) is 5.95. The molecule has 3 N–H and O–H groups in total. The van der Waals surface area contributed by atoms with Crippen molar-refractivity contribution in [3.63, 3.8) is 0 Å². The number of aryl methyl sites for hydroxylation is 1. The monoisotopic (exact) mass is 374 g/mol. The molecule has 0 amide bonds. The fourth-order valence-corrected chi connectivity index (χ4v) is 3.87. The summed E-state index contributed by atoms with van der Waals surface area (Å²) in [5.41, 5.74) is -0.705. The van der Waals surface area contributed by atoms with Gasteiger partial charge in [-0.1, -0.05) is 45.0 Å². The smallest absolute Gasteiger partial charge is 0.335 e. The highest BCUT2D eigenvalue weighted by Gasteiger charge is 2.43. The molecule has 2 aromatic carbocycles. The number of aliphatic carboxylic acids is 1. The SMILES string of the molecule is Cc1ccccc1C(C)CC(O)(CC(C)(C)c1cc(F)ccc1O)C(=O)O. The summed E-state index contributed by atoms with van der Waals surface area (Å²) in [6.07, 6.45) is -0.157. The highest BCUT2D eigenvalue weighted by atomic mass is 19.1. The first kappa shape index (κ1) is 20.9. The molecule has 2 atom stereocenters. The topological polar surface area (TPSA) is 77.8 Å². The van der Waals surface area contributed by atoms with Crippen LogP contribution in [-0.2, 0) is 10.2 Å². The largest absolute Gasteiger partial charge is 0.508 e. The molecule has 0 radical (unpaired) electrons. The lowest BCUT2D eigenvalue weighted by Gasteiger charge is -2.36. The van der Waals surface area contributed by atoms with Crippen molar-refractivity contribution in [2.45, 2.75) is 57.5 Å². The number of phenolic OH excluding ortho intramolecular Hbond substituents is 1. The van der Waals surface area contributed by atoms with Gasteiger partial charge in [0.2, 0.25) is 0 Å². The van der Waals surface area contributed by atoms with Crippen LogP contribution in [0.5, 0.6) is 5.75 Å². The number of carbonyl (C=O) groups is 1. The van der Waals surface area contributed by atoms with Crippen LogP contribution >= 0.6 is 0 Å². The molecule has 0 bridgehead atoms. The zero-order valence-corrected chi connectivity index (χ0v) is 16.2. The lowest BCUT2D eigenvalue weighted by molar-refractivity contribution is -0.162. The molecule has 0 saturated heterocycles. The van der Waals surface area contributed by atoms with Crippen molar-refractivity contribution in [1.82, 2.24) is 0 Å². The second-order valence-corrected chi connectivity index (χ2v) is 8.02. The summed E-state index contributed by atoms with van der Waals surface area (Å²) in [5, 5.41) is 30.8. The van der Waals surface area contributed by atoms with E-state index in [1.54, 1.807) is 13.8 Å². The lowest BCUT2D eigenvalue weighted by atomic mass is 9.71. The van der Waals surface area contributed by atoms with Gasteiger partial charge in [0.1, 0.15) is 11.6 Å². The van der Waals surface area contributed by atoms with Gasteiger partial charge < -0.3 is 15.3 Å². The van der Waals surface area contributed by atoms with Crippen LogP contribution in [0, 0.1) is 12.7 Å². The Balaban J connectivity index is 2.34. The van der Waals surface area contributed by atoms with Gasteiger partial charge in [-0.25, -0.2) is 9.18 Å². The third-order valence-corrected chi connectivity index (χ3v) is 5.18. The molecule has 0 aliphatic carbocycles. The molecule has 0 spiro atoms. The van der Waals surface area contributed by atoms with E-state index in [2.05, 4.69) is 0 Å².